The minimum atomic E-state index is -0.707. The Balaban J connectivity index is 0.00000167. The number of nitrogens with one attached hydrogen (secondary N) is 1. The number of piperidine rings is 1. The number of rotatable bonds is 2. The Morgan fingerprint density at radius 3 is 2.37 bits per heavy atom. The second kappa shape index (κ2) is 10.1. The zero-order valence-electron chi connectivity index (χ0n) is 21.8. The van der Waals surface area contributed by atoms with Crippen LogP contribution in [0.25, 0.3) is 11.0 Å². The van der Waals surface area contributed by atoms with Gasteiger partial charge in [-0.25, -0.2) is 9.59 Å². The molecule has 1 aromatic carbocycles. The summed E-state index contributed by atoms with van der Waals surface area (Å²) in [5.41, 5.74) is 1.47. The number of carbonyl (C=O) groups excluding carboxylic acids is 3. The van der Waals surface area contributed by atoms with E-state index >= 15 is 0 Å². The fourth-order valence-electron chi connectivity index (χ4n) is 4.59. The van der Waals surface area contributed by atoms with Crippen LogP contribution in [0.3, 0.4) is 0 Å². The number of amides is 3. The number of aromatic nitrogens is 2. The lowest BCUT2D eigenvalue weighted by Gasteiger charge is -2.41. The maximum absolute atomic E-state index is 13.0. The number of aryl methyl sites for hydroxylation is 1. The summed E-state index contributed by atoms with van der Waals surface area (Å²) in [6.45, 7) is 13.3. The quantitative estimate of drug-likeness (QED) is 0.653. The molecule has 4 rings (SSSR count). The number of imide groups is 1. The summed E-state index contributed by atoms with van der Waals surface area (Å²) in [5, 5.41) is 2.33. The summed E-state index contributed by atoms with van der Waals surface area (Å²) < 4.78 is 8.51. The van der Waals surface area contributed by atoms with Crippen LogP contribution in [0.1, 0.15) is 60.4 Å². The molecule has 2 aliphatic heterocycles. The van der Waals surface area contributed by atoms with Gasteiger partial charge in [-0.1, -0.05) is 13.8 Å². The van der Waals surface area contributed by atoms with Gasteiger partial charge < -0.3 is 14.5 Å². The normalized spacial score (nSPS) is 20.9. The maximum atomic E-state index is 13.0. The van der Waals surface area contributed by atoms with Crippen LogP contribution in [0.4, 0.5) is 10.5 Å². The van der Waals surface area contributed by atoms with Gasteiger partial charge in [0.1, 0.15) is 11.6 Å². The summed E-state index contributed by atoms with van der Waals surface area (Å²) in [5.74, 6) is -0.761. The van der Waals surface area contributed by atoms with E-state index in [0.29, 0.717) is 37.1 Å². The van der Waals surface area contributed by atoms with E-state index in [0.717, 1.165) is 5.69 Å². The number of nitrogens with zero attached hydrogens (tertiary/aromatic N) is 4. The van der Waals surface area contributed by atoms with Gasteiger partial charge in [-0.2, -0.15) is 0 Å². The van der Waals surface area contributed by atoms with Crippen LogP contribution < -0.4 is 15.9 Å². The third-order valence-corrected chi connectivity index (χ3v) is 6.21. The number of piperazine rings is 1. The van der Waals surface area contributed by atoms with Crippen molar-refractivity contribution < 1.29 is 19.1 Å². The molecule has 3 amide bonds. The Bertz CT molecular complexity index is 1180. The molecule has 0 saturated carbocycles. The Morgan fingerprint density at radius 2 is 1.77 bits per heavy atom. The fourth-order valence-corrected chi connectivity index (χ4v) is 4.59. The minimum Gasteiger partial charge on any atom is -0.444 e. The molecule has 2 atom stereocenters. The van der Waals surface area contributed by atoms with Crippen molar-refractivity contribution >= 4 is 34.6 Å². The van der Waals surface area contributed by atoms with Crippen LogP contribution in [0.2, 0.25) is 0 Å². The van der Waals surface area contributed by atoms with Crippen LogP contribution in [0.5, 0.6) is 0 Å². The van der Waals surface area contributed by atoms with E-state index in [1.807, 2.05) is 59.7 Å². The molecular formula is C25H37N5O5. The summed E-state index contributed by atoms with van der Waals surface area (Å²) >= 11 is 0. The molecule has 1 aromatic heterocycles. The highest BCUT2D eigenvalue weighted by atomic mass is 16.6. The van der Waals surface area contributed by atoms with Crippen molar-refractivity contribution in [3.05, 3.63) is 28.7 Å². The first kappa shape index (κ1) is 26.3. The molecule has 2 fully saturated rings. The molecule has 3 heterocycles. The average Bonchev–Trinajstić information content (AvgIpc) is 3.04. The molecule has 0 bridgehead atoms. The van der Waals surface area contributed by atoms with Gasteiger partial charge in [0.05, 0.1) is 11.0 Å². The van der Waals surface area contributed by atoms with E-state index in [1.165, 1.54) is 9.13 Å². The average molecular weight is 488 g/mol. The van der Waals surface area contributed by atoms with Gasteiger partial charge in [0.15, 0.2) is 0 Å². The van der Waals surface area contributed by atoms with Crippen molar-refractivity contribution in [2.75, 3.05) is 24.5 Å². The van der Waals surface area contributed by atoms with Crippen molar-refractivity contribution in [2.45, 2.75) is 72.1 Å². The van der Waals surface area contributed by atoms with Crippen molar-refractivity contribution in [3.8, 4) is 0 Å². The lowest BCUT2D eigenvalue weighted by molar-refractivity contribution is -0.135. The lowest BCUT2D eigenvalue weighted by atomic mass is 10.1. The zero-order chi connectivity index (χ0) is 26.1. The molecule has 2 aromatic rings. The Labute approximate surface area is 205 Å². The molecule has 0 radical (unpaired) electrons. The van der Waals surface area contributed by atoms with E-state index in [-0.39, 0.29) is 30.2 Å². The third-order valence-electron chi connectivity index (χ3n) is 6.21. The Hall–Kier alpha value is -3.30. The highest BCUT2D eigenvalue weighted by molar-refractivity contribution is 6.00. The predicted octanol–water partition coefficient (Wildman–Crippen LogP) is 2.79. The molecule has 1 N–H and O–H groups in total. The molecule has 2 saturated heterocycles. The second-order valence-corrected chi connectivity index (χ2v) is 9.82. The van der Waals surface area contributed by atoms with Crippen LogP contribution in [0, 0.1) is 0 Å². The molecule has 35 heavy (non-hydrogen) atoms. The van der Waals surface area contributed by atoms with Gasteiger partial charge in [-0.15, -0.1) is 0 Å². The van der Waals surface area contributed by atoms with Gasteiger partial charge in [0.2, 0.25) is 11.8 Å². The molecule has 192 valence electrons. The molecular weight excluding hydrogens is 450 g/mol. The van der Waals surface area contributed by atoms with Gasteiger partial charge in [-0.05, 0) is 52.3 Å². The van der Waals surface area contributed by atoms with Crippen LogP contribution in [-0.4, -0.2) is 63.2 Å². The van der Waals surface area contributed by atoms with E-state index in [4.69, 9.17) is 4.74 Å². The molecule has 2 aliphatic rings. The van der Waals surface area contributed by atoms with E-state index in [2.05, 4.69) is 10.2 Å². The second-order valence-electron chi connectivity index (χ2n) is 9.82. The monoisotopic (exact) mass is 487 g/mol. The third kappa shape index (κ3) is 5.36. The number of hydrogen-bond acceptors (Lipinski definition) is 6. The van der Waals surface area contributed by atoms with Gasteiger partial charge >= 0.3 is 11.8 Å². The standard InChI is InChI=1S/C23H31N5O5.C2H6/c1-14-13-26(22(32)33-23(2,3)4)10-11-27(14)15-6-7-16-18(12-15)25(5)21(31)28(16)17-8-9-19(29)24-20(17)30;1-2/h6-7,12,14,17H,8-11,13H2,1-5H3,(H,24,29,30);1-2H3. The first-order valence-corrected chi connectivity index (χ1v) is 12.3. The fraction of sp³-hybridized carbons (Fsp3) is 0.600. The largest absolute Gasteiger partial charge is 0.444 e. The molecule has 0 spiro atoms. The summed E-state index contributed by atoms with van der Waals surface area (Å²) in [6, 6.07) is 5.07. The van der Waals surface area contributed by atoms with Crippen molar-refractivity contribution in [1.29, 1.82) is 0 Å². The number of carbonyl (C=O) groups is 3. The van der Waals surface area contributed by atoms with E-state index in [1.54, 1.807) is 11.9 Å². The van der Waals surface area contributed by atoms with E-state index in [9.17, 15) is 19.2 Å². The Kier molecular flexibility index (Phi) is 7.62. The summed E-state index contributed by atoms with van der Waals surface area (Å²) in [6.07, 6.45) is 0.194. The highest BCUT2D eigenvalue weighted by Crippen LogP contribution is 2.28. The molecule has 0 aliphatic carbocycles. The van der Waals surface area contributed by atoms with Crippen LogP contribution in [-0.2, 0) is 21.4 Å². The van der Waals surface area contributed by atoms with Crippen molar-refractivity contribution in [2.24, 2.45) is 7.05 Å². The molecule has 10 nitrogen and oxygen atoms in total. The number of hydrogen-bond donors (Lipinski definition) is 1. The number of anilines is 1. The van der Waals surface area contributed by atoms with Crippen molar-refractivity contribution in [3.63, 3.8) is 0 Å². The number of fused-ring (bicyclic) bond motifs is 1. The zero-order valence-corrected chi connectivity index (χ0v) is 21.8. The molecule has 10 heteroatoms. The Morgan fingerprint density at radius 1 is 1.09 bits per heavy atom. The molecule has 2 unspecified atom stereocenters. The number of ether oxygens (including phenoxy) is 1. The topological polar surface area (TPSA) is 106 Å². The summed E-state index contributed by atoms with van der Waals surface area (Å²) in [4.78, 5) is 53.3. The summed E-state index contributed by atoms with van der Waals surface area (Å²) in [7, 11) is 1.68. The minimum absolute atomic E-state index is 0.0537. The van der Waals surface area contributed by atoms with Gasteiger partial charge in [-0.3, -0.25) is 24.0 Å². The van der Waals surface area contributed by atoms with Gasteiger partial charge in [0, 0.05) is 44.8 Å². The SMILES string of the molecule is CC.CC1CN(C(=O)OC(C)(C)C)CCN1c1ccc2c(c1)n(C)c(=O)n2C1CCC(=O)NC1=O. The maximum Gasteiger partial charge on any atom is 0.410 e. The number of imidazole rings is 1. The number of benzene rings is 1. The van der Waals surface area contributed by atoms with Crippen LogP contribution >= 0.6 is 0 Å². The van der Waals surface area contributed by atoms with Crippen LogP contribution in [0.15, 0.2) is 23.0 Å². The first-order chi connectivity index (χ1) is 16.5. The van der Waals surface area contributed by atoms with Crippen molar-refractivity contribution in [1.82, 2.24) is 19.4 Å². The highest BCUT2D eigenvalue weighted by Gasteiger charge is 2.33. The first-order valence-electron chi connectivity index (χ1n) is 12.3. The van der Waals surface area contributed by atoms with E-state index < -0.39 is 17.6 Å². The lowest BCUT2D eigenvalue weighted by Crippen LogP contribution is -2.54. The predicted molar refractivity (Wildman–Crippen MR) is 135 cm³/mol. The smallest absolute Gasteiger partial charge is 0.410 e. The van der Waals surface area contributed by atoms with Gasteiger partial charge in [0.25, 0.3) is 0 Å².